The molecule has 2 unspecified atom stereocenters. The van der Waals surface area contributed by atoms with E-state index in [1.165, 1.54) is 6.42 Å². The molecule has 2 rings (SSSR count). The lowest BCUT2D eigenvalue weighted by Gasteiger charge is -2.27. The zero-order chi connectivity index (χ0) is 13.1. The van der Waals surface area contributed by atoms with Crippen molar-refractivity contribution in [3.63, 3.8) is 0 Å². The van der Waals surface area contributed by atoms with Crippen LogP contribution in [0.2, 0.25) is 10.0 Å². The highest BCUT2D eigenvalue weighted by Crippen LogP contribution is 2.32. The van der Waals surface area contributed by atoms with Gasteiger partial charge in [0.05, 0.1) is 10.0 Å². The Morgan fingerprint density at radius 1 is 1.28 bits per heavy atom. The molecule has 1 nitrogen and oxygen atoms in total. The highest BCUT2D eigenvalue weighted by molar-refractivity contribution is 6.42. The Labute approximate surface area is 118 Å². The summed E-state index contributed by atoms with van der Waals surface area (Å²) < 4.78 is 0. The van der Waals surface area contributed by atoms with Crippen molar-refractivity contribution in [2.24, 2.45) is 11.8 Å². The maximum absolute atomic E-state index is 12.0. The Hall–Kier alpha value is -0.530. The molecule has 3 heteroatoms. The topological polar surface area (TPSA) is 17.1 Å². The third-order valence-corrected chi connectivity index (χ3v) is 4.65. The number of ketones is 1. The van der Waals surface area contributed by atoms with Crippen LogP contribution in [0.4, 0.5) is 0 Å². The molecule has 1 aromatic rings. The summed E-state index contributed by atoms with van der Waals surface area (Å²) in [6.45, 7) is 2.21. The van der Waals surface area contributed by atoms with Gasteiger partial charge >= 0.3 is 0 Å². The number of carbonyl (C=O) groups is 1. The van der Waals surface area contributed by atoms with Crippen molar-refractivity contribution >= 4 is 29.0 Å². The number of hydrogen-bond donors (Lipinski definition) is 0. The predicted octanol–water partition coefficient (Wildman–Crippen LogP) is 4.93. The third kappa shape index (κ3) is 3.27. The van der Waals surface area contributed by atoms with Gasteiger partial charge in [-0.2, -0.15) is 0 Å². The summed E-state index contributed by atoms with van der Waals surface area (Å²) in [5.41, 5.74) is 1.11. The lowest BCUT2D eigenvalue weighted by molar-refractivity contribution is -0.125. The highest BCUT2D eigenvalue weighted by atomic mass is 35.5. The number of rotatable bonds is 3. The molecule has 0 spiro atoms. The molecule has 0 saturated heterocycles. The van der Waals surface area contributed by atoms with Gasteiger partial charge in [0.2, 0.25) is 0 Å². The molecule has 0 amide bonds. The van der Waals surface area contributed by atoms with Crippen molar-refractivity contribution in [2.45, 2.75) is 39.0 Å². The molecule has 2 atom stereocenters. The van der Waals surface area contributed by atoms with Crippen LogP contribution in [0.3, 0.4) is 0 Å². The zero-order valence-electron chi connectivity index (χ0n) is 10.6. The van der Waals surface area contributed by atoms with E-state index in [1.807, 2.05) is 18.2 Å². The molecule has 18 heavy (non-hydrogen) atoms. The molecule has 1 fully saturated rings. The molecule has 0 aromatic heterocycles. The second-order valence-electron chi connectivity index (χ2n) is 5.16. The number of carbonyl (C=O) groups excluding carboxylic acids is 1. The van der Waals surface area contributed by atoms with Gasteiger partial charge in [0.1, 0.15) is 5.78 Å². The average Bonchev–Trinajstić information content (AvgIpc) is 2.36. The quantitative estimate of drug-likeness (QED) is 0.769. The second kappa shape index (κ2) is 6.08. The number of halogens is 2. The minimum Gasteiger partial charge on any atom is -0.299 e. The summed E-state index contributed by atoms with van der Waals surface area (Å²) in [6.07, 6.45) is 4.80. The lowest BCUT2D eigenvalue weighted by Crippen LogP contribution is -2.26. The van der Waals surface area contributed by atoms with Crippen LogP contribution in [-0.2, 0) is 11.2 Å². The average molecular weight is 285 g/mol. The Balaban J connectivity index is 2.07. The molecular weight excluding hydrogens is 267 g/mol. The molecule has 1 aromatic carbocycles. The van der Waals surface area contributed by atoms with Gasteiger partial charge in [-0.3, -0.25) is 4.79 Å². The molecule has 1 aliphatic rings. The number of Topliss-reactive ketones (excluding diaryl/α,β-unsaturated/α-hetero) is 1. The van der Waals surface area contributed by atoms with Gasteiger partial charge in [-0.05, 0) is 42.9 Å². The lowest BCUT2D eigenvalue weighted by atomic mass is 9.77. The van der Waals surface area contributed by atoms with Gasteiger partial charge < -0.3 is 0 Å². The third-order valence-electron chi connectivity index (χ3n) is 3.92. The van der Waals surface area contributed by atoms with Crippen LogP contribution in [0.5, 0.6) is 0 Å². The molecule has 0 bridgehead atoms. The minimum absolute atomic E-state index is 0.168. The highest BCUT2D eigenvalue weighted by Gasteiger charge is 2.27. The maximum Gasteiger partial charge on any atom is 0.136 e. The fourth-order valence-electron chi connectivity index (χ4n) is 2.72. The van der Waals surface area contributed by atoms with E-state index in [0.29, 0.717) is 21.7 Å². The molecule has 0 heterocycles. The van der Waals surface area contributed by atoms with Gasteiger partial charge in [0, 0.05) is 12.3 Å². The minimum atomic E-state index is 0.168. The zero-order valence-corrected chi connectivity index (χ0v) is 12.1. The van der Waals surface area contributed by atoms with Crippen LogP contribution in [0.1, 0.15) is 38.2 Å². The van der Waals surface area contributed by atoms with Crippen molar-refractivity contribution in [2.75, 3.05) is 0 Å². The maximum atomic E-state index is 12.0. The van der Waals surface area contributed by atoms with E-state index in [9.17, 15) is 4.79 Å². The first-order chi connectivity index (χ1) is 8.60. The fraction of sp³-hybridized carbons (Fsp3) is 0.533. The van der Waals surface area contributed by atoms with E-state index in [2.05, 4.69) is 6.92 Å². The summed E-state index contributed by atoms with van der Waals surface area (Å²) in [7, 11) is 0. The molecule has 1 saturated carbocycles. The first-order valence-corrected chi connectivity index (χ1v) is 7.32. The van der Waals surface area contributed by atoms with Crippen LogP contribution in [0.25, 0.3) is 0 Å². The molecule has 1 aliphatic carbocycles. The van der Waals surface area contributed by atoms with Gasteiger partial charge in [-0.25, -0.2) is 0 Å². The van der Waals surface area contributed by atoms with Crippen molar-refractivity contribution in [3.05, 3.63) is 33.8 Å². The number of benzene rings is 1. The smallest absolute Gasteiger partial charge is 0.136 e. The fourth-order valence-corrected chi connectivity index (χ4v) is 3.04. The Kier molecular flexibility index (Phi) is 4.69. The van der Waals surface area contributed by atoms with Crippen LogP contribution < -0.4 is 0 Å². The summed E-state index contributed by atoms with van der Waals surface area (Å²) >= 11 is 11.9. The van der Waals surface area contributed by atoms with Crippen molar-refractivity contribution < 1.29 is 4.79 Å². The molecule has 98 valence electrons. The molecule has 0 aliphatic heterocycles. The Morgan fingerprint density at radius 2 is 2.06 bits per heavy atom. The normalized spacial score (nSPS) is 24.3. The van der Waals surface area contributed by atoms with Crippen LogP contribution >= 0.6 is 23.2 Å². The van der Waals surface area contributed by atoms with E-state index in [-0.39, 0.29) is 5.92 Å². The van der Waals surface area contributed by atoms with Crippen LogP contribution in [-0.4, -0.2) is 5.78 Å². The second-order valence-corrected chi connectivity index (χ2v) is 5.98. The van der Waals surface area contributed by atoms with Gasteiger partial charge in [0.25, 0.3) is 0 Å². The summed E-state index contributed by atoms with van der Waals surface area (Å²) in [6, 6.07) is 5.66. The van der Waals surface area contributed by atoms with E-state index in [0.717, 1.165) is 31.2 Å². The first-order valence-electron chi connectivity index (χ1n) is 6.56. The monoisotopic (exact) mass is 284 g/mol. The predicted molar refractivity (Wildman–Crippen MR) is 76.3 cm³/mol. The molecule has 0 radical (unpaired) electrons. The number of hydrogen-bond acceptors (Lipinski definition) is 1. The van der Waals surface area contributed by atoms with Crippen molar-refractivity contribution in [3.8, 4) is 0 Å². The first kappa shape index (κ1) is 13.9. The summed E-state index contributed by atoms with van der Waals surface area (Å²) in [5, 5.41) is 1.14. The standard InChI is InChI=1S/C15H18Cl2O/c1-2-10-4-6-15(18)12(7-10)8-11-3-5-13(16)14(17)9-11/h3,5,9-10,12H,2,4,6-8H2,1H3. The van der Waals surface area contributed by atoms with Crippen molar-refractivity contribution in [1.82, 2.24) is 0 Å². The largest absolute Gasteiger partial charge is 0.299 e. The molecule has 0 N–H and O–H groups in total. The Morgan fingerprint density at radius 3 is 2.72 bits per heavy atom. The van der Waals surface area contributed by atoms with Gasteiger partial charge in [-0.1, -0.05) is 42.6 Å². The van der Waals surface area contributed by atoms with E-state index >= 15 is 0 Å². The molecular formula is C15H18Cl2O. The van der Waals surface area contributed by atoms with E-state index < -0.39 is 0 Å². The summed E-state index contributed by atoms with van der Waals surface area (Å²) in [4.78, 5) is 12.0. The summed E-state index contributed by atoms with van der Waals surface area (Å²) in [5.74, 6) is 1.28. The van der Waals surface area contributed by atoms with E-state index in [1.54, 1.807) is 0 Å². The SMILES string of the molecule is CCC1CCC(=O)C(Cc2ccc(Cl)c(Cl)c2)C1. The van der Waals surface area contributed by atoms with Gasteiger partial charge in [0.15, 0.2) is 0 Å². The van der Waals surface area contributed by atoms with Crippen molar-refractivity contribution in [1.29, 1.82) is 0 Å². The van der Waals surface area contributed by atoms with Crippen LogP contribution in [0, 0.1) is 11.8 Å². The van der Waals surface area contributed by atoms with E-state index in [4.69, 9.17) is 23.2 Å². The van der Waals surface area contributed by atoms with Crippen LogP contribution in [0.15, 0.2) is 18.2 Å². The van der Waals surface area contributed by atoms with Gasteiger partial charge in [-0.15, -0.1) is 0 Å². The Bertz CT molecular complexity index is 442.